The van der Waals surface area contributed by atoms with Crippen molar-refractivity contribution in [3.8, 4) is 23.3 Å². The minimum absolute atomic E-state index is 0.197. The van der Waals surface area contributed by atoms with Crippen molar-refractivity contribution in [2.75, 3.05) is 28.4 Å². The van der Waals surface area contributed by atoms with Crippen LogP contribution >= 0.6 is 0 Å². The Kier molecular flexibility index (Phi) is 5.38. The second kappa shape index (κ2) is 7.72. The summed E-state index contributed by atoms with van der Waals surface area (Å²) >= 11 is 0. The van der Waals surface area contributed by atoms with E-state index in [4.69, 9.17) is 23.7 Å². The van der Waals surface area contributed by atoms with Gasteiger partial charge in [-0.1, -0.05) is 11.8 Å². The second-order valence-electron chi connectivity index (χ2n) is 6.07. The number of carbonyl (C=O) groups excluding carboxylic acids is 2. The molecule has 1 fully saturated rings. The van der Waals surface area contributed by atoms with Crippen molar-refractivity contribution in [2.24, 2.45) is 5.92 Å². The van der Waals surface area contributed by atoms with Crippen LogP contribution in [0.5, 0.6) is 11.5 Å². The molecule has 3 rings (SSSR count). The van der Waals surface area contributed by atoms with Crippen LogP contribution in [0.15, 0.2) is 29.3 Å². The molecule has 3 atom stereocenters. The van der Waals surface area contributed by atoms with Crippen LogP contribution in [0.3, 0.4) is 0 Å². The molecule has 7 heteroatoms. The lowest BCUT2D eigenvalue weighted by Crippen LogP contribution is -2.28. The van der Waals surface area contributed by atoms with Crippen molar-refractivity contribution in [1.29, 1.82) is 0 Å². The number of fused-ring (bicyclic) bond motifs is 2. The minimum atomic E-state index is -0.614. The van der Waals surface area contributed by atoms with Gasteiger partial charge in [0.05, 0.1) is 51.6 Å². The molecule has 1 saturated heterocycles. The smallest absolute Gasteiger partial charge is 0.337 e. The first-order valence-electron chi connectivity index (χ1n) is 8.33. The van der Waals surface area contributed by atoms with Crippen LogP contribution < -0.4 is 9.47 Å². The molecule has 0 N–H and O–H groups in total. The molecule has 0 radical (unpaired) electrons. The Morgan fingerprint density at radius 1 is 0.963 bits per heavy atom. The molecule has 2 aliphatic heterocycles. The summed E-state index contributed by atoms with van der Waals surface area (Å²) in [5.41, 5.74) is 1.14. The largest absolute Gasteiger partial charge is 0.497 e. The Morgan fingerprint density at radius 3 is 2.11 bits per heavy atom. The predicted molar refractivity (Wildman–Crippen MR) is 94.3 cm³/mol. The fourth-order valence-corrected chi connectivity index (χ4v) is 3.34. The van der Waals surface area contributed by atoms with E-state index in [1.165, 1.54) is 14.2 Å². The molecular formula is C20H20O7. The summed E-state index contributed by atoms with van der Waals surface area (Å²) in [6.45, 7) is 0. The minimum Gasteiger partial charge on any atom is -0.497 e. The highest BCUT2D eigenvalue weighted by molar-refractivity contribution is 6.03. The van der Waals surface area contributed by atoms with Gasteiger partial charge >= 0.3 is 11.9 Å². The topological polar surface area (TPSA) is 80.3 Å². The summed E-state index contributed by atoms with van der Waals surface area (Å²) in [6.07, 6.45) is -0.629. The van der Waals surface area contributed by atoms with Crippen molar-refractivity contribution >= 4 is 11.9 Å². The number of esters is 2. The molecule has 0 aliphatic carbocycles. The van der Waals surface area contributed by atoms with Gasteiger partial charge in [0.1, 0.15) is 17.6 Å². The summed E-state index contributed by atoms with van der Waals surface area (Å²) in [5.74, 6) is 6.06. The quantitative estimate of drug-likeness (QED) is 0.585. The third-order valence-corrected chi connectivity index (χ3v) is 4.60. The fourth-order valence-electron chi connectivity index (χ4n) is 3.34. The molecule has 3 unspecified atom stereocenters. The zero-order valence-corrected chi connectivity index (χ0v) is 15.5. The Hall–Kier alpha value is -2.98. The SMILES string of the molecule is COC(=O)C1=C(C(=O)OC)C2OC1CC2C#Cc1cc(OC)cc(OC)c1. The zero-order valence-electron chi connectivity index (χ0n) is 15.5. The van der Waals surface area contributed by atoms with E-state index in [2.05, 4.69) is 11.8 Å². The summed E-state index contributed by atoms with van der Waals surface area (Å²) in [6, 6.07) is 5.34. The zero-order chi connectivity index (χ0) is 19.6. The van der Waals surface area contributed by atoms with Gasteiger partial charge in [0.2, 0.25) is 0 Å². The van der Waals surface area contributed by atoms with Gasteiger partial charge in [-0.25, -0.2) is 9.59 Å². The molecule has 2 bridgehead atoms. The molecule has 1 aromatic carbocycles. The van der Waals surface area contributed by atoms with Gasteiger partial charge in [0, 0.05) is 11.6 Å². The lowest BCUT2D eigenvalue weighted by Gasteiger charge is -2.17. The Balaban J connectivity index is 1.90. The highest BCUT2D eigenvalue weighted by Gasteiger charge is 2.52. The Labute approximate surface area is 157 Å². The van der Waals surface area contributed by atoms with Crippen LogP contribution in [0.4, 0.5) is 0 Å². The molecule has 2 aliphatic rings. The Bertz CT molecular complexity index is 837. The first-order chi connectivity index (χ1) is 13.0. The van der Waals surface area contributed by atoms with Crippen molar-refractivity contribution in [3.05, 3.63) is 34.9 Å². The van der Waals surface area contributed by atoms with Crippen LogP contribution in [0.25, 0.3) is 0 Å². The lowest BCUT2D eigenvalue weighted by molar-refractivity contribution is -0.139. The second-order valence-corrected chi connectivity index (χ2v) is 6.07. The molecule has 7 nitrogen and oxygen atoms in total. The highest BCUT2D eigenvalue weighted by atomic mass is 16.5. The van der Waals surface area contributed by atoms with Gasteiger partial charge in [-0.3, -0.25) is 0 Å². The maximum absolute atomic E-state index is 12.2. The van der Waals surface area contributed by atoms with Crippen molar-refractivity contribution in [3.63, 3.8) is 0 Å². The molecule has 0 aromatic heterocycles. The van der Waals surface area contributed by atoms with Gasteiger partial charge in [-0.15, -0.1) is 0 Å². The first-order valence-corrected chi connectivity index (χ1v) is 8.33. The standard InChI is InChI=1S/C20H20O7/c1-23-13-7-11(8-14(10-13)24-2)5-6-12-9-15-16(19(21)25-3)17(18(12)27-15)20(22)26-4/h7-8,10,12,15,18H,9H2,1-4H3. The number of carbonyl (C=O) groups is 2. The van der Waals surface area contributed by atoms with E-state index in [9.17, 15) is 9.59 Å². The van der Waals surface area contributed by atoms with Crippen molar-refractivity contribution < 1.29 is 33.3 Å². The number of ether oxygens (including phenoxy) is 5. The molecule has 1 aromatic rings. The Morgan fingerprint density at radius 2 is 1.56 bits per heavy atom. The van der Waals surface area contributed by atoms with Crippen LogP contribution in [0.2, 0.25) is 0 Å². The normalized spacial score (nSPS) is 22.7. The number of benzene rings is 1. The summed E-state index contributed by atoms with van der Waals surface area (Å²) in [7, 11) is 5.66. The van der Waals surface area contributed by atoms with Crippen LogP contribution in [-0.4, -0.2) is 52.6 Å². The summed E-state index contributed by atoms with van der Waals surface area (Å²) in [5, 5.41) is 0. The maximum Gasteiger partial charge on any atom is 0.337 e. The van der Waals surface area contributed by atoms with E-state index in [1.54, 1.807) is 32.4 Å². The first kappa shape index (κ1) is 18.8. The molecule has 0 amide bonds. The molecule has 0 spiro atoms. The molecule has 142 valence electrons. The van der Waals surface area contributed by atoms with Crippen LogP contribution in [-0.2, 0) is 23.8 Å². The number of rotatable bonds is 4. The third kappa shape index (κ3) is 3.49. The van der Waals surface area contributed by atoms with Crippen molar-refractivity contribution in [2.45, 2.75) is 18.6 Å². The van der Waals surface area contributed by atoms with Gasteiger partial charge in [-0.05, 0) is 18.6 Å². The van der Waals surface area contributed by atoms with Gasteiger partial charge in [0.15, 0.2) is 0 Å². The summed E-state index contributed by atoms with van der Waals surface area (Å²) in [4.78, 5) is 24.2. The van der Waals surface area contributed by atoms with Gasteiger partial charge in [-0.2, -0.15) is 0 Å². The van der Waals surface area contributed by atoms with Crippen LogP contribution in [0, 0.1) is 17.8 Å². The van der Waals surface area contributed by atoms with E-state index in [0.29, 0.717) is 23.5 Å². The monoisotopic (exact) mass is 372 g/mol. The third-order valence-electron chi connectivity index (χ3n) is 4.60. The average molecular weight is 372 g/mol. The lowest BCUT2D eigenvalue weighted by atomic mass is 9.84. The maximum atomic E-state index is 12.2. The molecule has 2 heterocycles. The molecule has 0 saturated carbocycles. The average Bonchev–Trinajstić information content (AvgIpc) is 3.28. The van der Waals surface area contributed by atoms with E-state index < -0.39 is 24.1 Å². The fraction of sp³-hybridized carbons (Fsp3) is 0.400. The number of hydrogen-bond acceptors (Lipinski definition) is 7. The number of hydrogen-bond donors (Lipinski definition) is 0. The van der Waals surface area contributed by atoms with Crippen LogP contribution in [0.1, 0.15) is 12.0 Å². The van der Waals surface area contributed by atoms with Gasteiger partial charge in [0.25, 0.3) is 0 Å². The molecule has 27 heavy (non-hydrogen) atoms. The summed E-state index contributed by atoms with van der Waals surface area (Å²) < 4.78 is 25.9. The molecular weight excluding hydrogens is 352 g/mol. The van der Waals surface area contributed by atoms with Crippen molar-refractivity contribution in [1.82, 2.24) is 0 Å². The van der Waals surface area contributed by atoms with Gasteiger partial charge < -0.3 is 23.7 Å². The number of methoxy groups -OCH3 is 4. The van der Waals surface area contributed by atoms with E-state index >= 15 is 0 Å². The highest BCUT2D eigenvalue weighted by Crippen LogP contribution is 2.43. The predicted octanol–water partition coefficient (Wildman–Crippen LogP) is 1.49. The van der Waals surface area contributed by atoms with E-state index in [0.717, 1.165) is 0 Å². The van der Waals surface area contributed by atoms with E-state index in [-0.39, 0.29) is 17.1 Å². The van der Waals surface area contributed by atoms with E-state index in [1.807, 2.05) is 0 Å².